The molecule has 23 heavy (non-hydrogen) atoms. The minimum atomic E-state index is -0.629. The molecule has 3 rings (SSSR count). The molecule has 0 heterocycles. The molecule has 0 radical (unpaired) electrons. The molecule has 1 fully saturated rings. The van der Waals surface area contributed by atoms with Gasteiger partial charge in [-0.3, -0.25) is 4.79 Å². The van der Waals surface area contributed by atoms with Gasteiger partial charge in [0.15, 0.2) is 0 Å². The lowest BCUT2D eigenvalue weighted by Gasteiger charge is -2.27. The fraction of sp³-hybridized carbons (Fsp3) is 0.316. The summed E-state index contributed by atoms with van der Waals surface area (Å²) in [4.78, 5) is 12.8. The summed E-state index contributed by atoms with van der Waals surface area (Å²) < 4.78 is 19.1. The Morgan fingerprint density at radius 3 is 2.39 bits per heavy atom. The molecule has 0 unspecified atom stereocenters. The third kappa shape index (κ3) is 3.25. The van der Waals surface area contributed by atoms with Crippen LogP contribution in [0.15, 0.2) is 48.5 Å². The molecule has 1 aliphatic carbocycles. The van der Waals surface area contributed by atoms with Gasteiger partial charge in [-0.25, -0.2) is 4.39 Å². The average molecular weight is 333 g/mol. The van der Waals surface area contributed by atoms with Gasteiger partial charge < -0.3 is 4.74 Å². The number of ether oxygens (including phenoxy) is 1. The maximum absolute atomic E-state index is 13.7. The van der Waals surface area contributed by atoms with Crippen LogP contribution in [0, 0.1) is 5.82 Å². The second kappa shape index (κ2) is 6.71. The van der Waals surface area contributed by atoms with Gasteiger partial charge in [-0.2, -0.15) is 0 Å². The number of carbonyl (C=O) groups excluding carboxylic acids is 1. The molecule has 0 N–H and O–H groups in total. The van der Waals surface area contributed by atoms with Crippen molar-refractivity contribution in [3.63, 3.8) is 0 Å². The Morgan fingerprint density at radius 1 is 1.09 bits per heavy atom. The first-order valence-corrected chi connectivity index (χ1v) is 8.16. The summed E-state index contributed by atoms with van der Waals surface area (Å²) >= 11 is 5.94. The summed E-state index contributed by atoms with van der Waals surface area (Å²) in [6, 6.07) is 13.7. The zero-order valence-electron chi connectivity index (χ0n) is 12.7. The molecule has 0 aromatic heterocycles. The standard InChI is InChI=1S/C19H18ClFO2/c20-16-9-7-15(8-10-16)19(11-3-4-12-19)18(22)23-13-14-5-1-2-6-17(14)21/h1-2,5-10H,3-4,11-13H2. The molecule has 1 aliphatic rings. The number of hydrogen-bond acceptors (Lipinski definition) is 2. The number of esters is 1. The lowest BCUT2D eigenvalue weighted by molar-refractivity contribution is -0.152. The van der Waals surface area contributed by atoms with E-state index in [1.165, 1.54) is 6.07 Å². The minimum absolute atomic E-state index is 0.0408. The van der Waals surface area contributed by atoms with Crippen LogP contribution >= 0.6 is 11.6 Å². The van der Waals surface area contributed by atoms with Gasteiger partial charge in [-0.1, -0.05) is 54.8 Å². The van der Waals surface area contributed by atoms with Gasteiger partial charge in [-0.05, 0) is 36.6 Å². The predicted molar refractivity (Wildman–Crippen MR) is 87.8 cm³/mol. The van der Waals surface area contributed by atoms with Crippen LogP contribution in [0.25, 0.3) is 0 Å². The third-order valence-corrected chi connectivity index (χ3v) is 4.81. The Hall–Kier alpha value is -1.87. The maximum Gasteiger partial charge on any atom is 0.316 e. The molecule has 0 saturated heterocycles. The fourth-order valence-corrected chi connectivity index (χ4v) is 3.38. The van der Waals surface area contributed by atoms with Crippen molar-refractivity contribution in [2.75, 3.05) is 0 Å². The molecule has 1 saturated carbocycles. The van der Waals surface area contributed by atoms with Gasteiger partial charge in [0.25, 0.3) is 0 Å². The SMILES string of the molecule is O=C(OCc1ccccc1F)C1(c2ccc(Cl)cc2)CCCC1. The summed E-state index contributed by atoms with van der Waals surface area (Å²) in [5.74, 6) is -0.632. The highest BCUT2D eigenvalue weighted by Gasteiger charge is 2.44. The van der Waals surface area contributed by atoms with E-state index < -0.39 is 5.41 Å². The van der Waals surface area contributed by atoms with Crippen molar-refractivity contribution in [2.45, 2.75) is 37.7 Å². The summed E-state index contributed by atoms with van der Waals surface area (Å²) in [7, 11) is 0. The van der Waals surface area contributed by atoms with Gasteiger partial charge in [0.05, 0.1) is 5.41 Å². The van der Waals surface area contributed by atoms with Crippen molar-refractivity contribution in [2.24, 2.45) is 0 Å². The van der Waals surface area contributed by atoms with E-state index in [-0.39, 0.29) is 18.4 Å². The highest BCUT2D eigenvalue weighted by Crippen LogP contribution is 2.42. The highest BCUT2D eigenvalue weighted by atomic mass is 35.5. The topological polar surface area (TPSA) is 26.3 Å². The molecule has 2 nitrogen and oxygen atoms in total. The molecule has 0 bridgehead atoms. The van der Waals surface area contributed by atoms with E-state index in [4.69, 9.17) is 16.3 Å². The van der Waals surface area contributed by atoms with Crippen LogP contribution in [0.2, 0.25) is 5.02 Å². The van der Waals surface area contributed by atoms with Crippen LogP contribution < -0.4 is 0 Å². The third-order valence-electron chi connectivity index (χ3n) is 4.56. The molecule has 0 aliphatic heterocycles. The number of hydrogen-bond donors (Lipinski definition) is 0. The lowest BCUT2D eigenvalue weighted by Crippen LogP contribution is -2.34. The van der Waals surface area contributed by atoms with Crippen molar-refractivity contribution < 1.29 is 13.9 Å². The highest BCUT2D eigenvalue weighted by molar-refractivity contribution is 6.30. The smallest absolute Gasteiger partial charge is 0.316 e. The van der Waals surface area contributed by atoms with Gasteiger partial charge in [0.2, 0.25) is 0 Å². The van der Waals surface area contributed by atoms with Crippen molar-refractivity contribution in [3.8, 4) is 0 Å². The molecule has 0 atom stereocenters. The summed E-state index contributed by atoms with van der Waals surface area (Å²) in [5, 5.41) is 0.640. The van der Waals surface area contributed by atoms with Crippen LogP contribution in [0.3, 0.4) is 0 Å². The number of rotatable bonds is 4. The summed E-state index contributed by atoms with van der Waals surface area (Å²) in [6.07, 6.45) is 3.48. The first-order chi connectivity index (χ1) is 11.1. The zero-order chi connectivity index (χ0) is 16.3. The van der Waals surface area contributed by atoms with E-state index in [1.54, 1.807) is 30.3 Å². The Morgan fingerprint density at radius 2 is 1.74 bits per heavy atom. The average Bonchev–Trinajstić information content (AvgIpc) is 3.05. The van der Waals surface area contributed by atoms with Crippen LogP contribution in [-0.4, -0.2) is 5.97 Å². The first kappa shape index (κ1) is 16.0. The van der Waals surface area contributed by atoms with Crippen LogP contribution in [0.1, 0.15) is 36.8 Å². The summed E-state index contributed by atoms with van der Waals surface area (Å²) in [6.45, 7) is -0.0408. The predicted octanol–water partition coefficient (Wildman–Crippen LogP) is 5.03. The van der Waals surface area contributed by atoms with Crippen molar-refractivity contribution in [1.82, 2.24) is 0 Å². The minimum Gasteiger partial charge on any atom is -0.460 e. The van der Waals surface area contributed by atoms with E-state index in [0.717, 1.165) is 31.2 Å². The van der Waals surface area contributed by atoms with Crippen LogP contribution in [0.4, 0.5) is 4.39 Å². The Kier molecular flexibility index (Phi) is 4.67. The molecule has 0 amide bonds. The van der Waals surface area contributed by atoms with E-state index in [9.17, 15) is 9.18 Å². The van der Waals surface area contributed by atoms with Gasteiger partial charge in [0, 0.05) is 10.6 Å². The second-order valence-corrected chi connectivity index (χ2v) is 6.40. The zero-order valence-corrected chi connectivity index (χ0v) is 13.5. The van der Waals surface area contributed by atoms with Gasteiger partial charge in [0.1, 0.15) is 12.4 Å². The van der Waals surface area contributed by atoms with E-state index in [2.05, 4.69) is 0 Å². The fourth-order valence-electron chi connectivity index (χ4n) is 3.26. The Balaban J connectivity index is 1.79. The quantitative estimate of drug-likeness (QED) is 0.734. The molecule has 2 aromatic rings. The normalized spacial score (nSPS) is 16.3. The van der Waals surface area contributed by atoms with Crippen molar-refractivity contribution in [3.05, 3.63) is 70.5 Å². The maximum atomic E-state index is 13.7. The van der Waals surface area contributed by atoms with Gasteiger partial charge in [-0.15, -0.1) is 0 Å². The van der Waals surface area contributed by atoms with Crippen LogP contribution in [-0.2, 0) is 21.6 Å². The molecule has 2 aromatic carbocycles. The van der Waals surface area contributed by atoms with Crippen molar-refractivity contribution >= 4 is 17.6 Å². The molecule has 4 heteroatoms. The molecular weight excluding hydrogens is 315 g/mol. The number of benzene rings is 2. The van der Waals surface area contributed by atoms with Crippen LogP contribution in [0.5, 0.6) is 0 Å². The van der Waals surface area contributed by atoms with Gasteiger partial charge >= 0.3 is 5.97 Å². The van der Waals surface area contributed by atoms with E-state index in [1.807, 2.05) is 12.1 Å². The van der Waals surface area contributed by atoms with E-state index >= 15 is 0 Å². The first-order valence-electron chi connectivity index (χ1n) is 7.78. The Labute approximate surface area is 140 Å². The number of halogens is 2. The summed E-state index contributed by atoms with van der Waals surface area (Å²) in [5.41, 5.74) is 0.693. The largest absolute Gasteiger partial charge is 0.460 e. The molecule has 120 valence electrons. The lowest BCUT2D eigenvalue weighted by atomic mass is 9.79. The Bertz CT molecular complexity index is 691. The van der Waals surface area contributed by atoms with Crippen molar-refractivity contribution in [1.29, 1.82) is 0 Å². The number of carbonyl (C=O) groups is 1. The second-order valence-electron chi connectivity index (χ2n) is 5.96. The molecular formula is C19H18ClFO2. The van der Waals surface area contributed by atoms with E-state index in [0.29, 0.717) is 10.6 Å². The monoisotopic (exact) mass is 332 g/mol. The molecule has 0 spiro atoms.